The van der Waals surface area contributed by atoms with Gasteiger partial charge in [0.15, 0.2) is 0 Å². The molecule has 108 valence electrons. The summed E-state index contributed by atoms with van der Waals surface area (Å²) in [5.74, 6) is -0.193. The third-order valence-electron chi connectivity index (χ3n) is 2.95. The van der Waals surface area contributed by atoms with E-state index in [2.05, 4.69) is 24.1 Å². The number of carbonyl (C=O) groups excluding carboxylic acids is 1. The van der Waals surface area contributed by atoms with Crippen LogP contribution in [0.4, 0.5) is 5.69 Å². The van der Waals surface area contributed by atoms with Gasteiger partial charge in [-0.2, -0.15) is 0 Å². The van der Waals surface area contributed by atoms with E-state index in [1.807, 2.05) is 18.2 Å². The summed E-state index contributed by atoms with van der Waals surface area (Å²) < 4.78 is 0. The predicted molar refractivity (Wildman–Crippen MR) is 85.8 cm³/mol. The Hall–Kier alpha value is -1.43. The zero-order valence-corrected chi connectivity index (χ0v) is 13.1. The second-order valence-electron chi connectivity index (χ2n) is 4.28. The summed E-state index contributed by atoms with van der Waals surface area (Å²) in [6.07, 6.45) is 0.948. The molecule has 2 rings (SSSR count). The van der Waals surface area contributed by atoms with Crippen molar-refractivity contribution in [2.45, 2.75) is 26.8 Å². The van der Waals surface area contributed by atoms with E-state index in [-0.39, 0.29) is 18.3 Å². The third kappa shape index (κ3) is 3.79. The number of rotatable bonds is 4. The number of hydrogen-bond acceptors (Lipinski definition) is 4. The van der Waals surface area contributed by atoms with Crippen LogP contribution >= 0.6 is 23.7 Å². The molecule has 2 aromatic rings. The van der Waals surface area contributed by atoms with Gasteiger partial charge >= 0.3 is 0 Å². The van der Waals surface area contributed by atoms with Crippen LogP contribution in [0.1, 0.15) is 33.5 Å². The summed E-state index contributed by atoms with van der Waals surface area (Å²) in [5, 5.41) is 5.36. The summed E-state index contributed by atoms with van der Waals surface area (Å²) >= 11 is 1.40. The van der Waals surface area contributed by atoms with Crippen LogP contribution in [0.2, 0.25) is 0 Å². The van der Waals surface area contributed by atoms with Gasteiger partial charge in [-0.1, -0.05) is 13.0 Å². The van der Waals surface area contributed by atoms with Crippen LogP contribution in [-0.4, -0.2) is 10.9 Å². The molecule has 20 heavy (non-hydrogen) atoms. The van der Waals surface area contributed by atoms with E-state index in [1.54, 1.807) is 5.38 Å². The molecule has 0 fully saturated rings. The van der Waals surface area contributed by atoms with Crippen LogP contribution in [0.3, 0.4) is 0 Å². The average molecular weight is 312 g/mol. The number of amides is 1. The number of thiazole rings is 1. The van der Waals surface area contributed by atoms with E-state index in [4.69, 9.17) is 5.73 Å². The molecule has 1 heterocycles. The van der Waals surface area contributed by atoms with Crippen LogP contribution in [0.25, 0.3) is 0 Å². The first-order valence-electron chi connectivity index (χ1n) is 6.19. The molecule has 0 unspecified atom stereocenters. The number of aromatic nitrogens is 1. The summed E-state index contributed by atoms with van der Waals surface area (Å²) in [6.45, 7) is 4.53. The zero-order chi connectivity index (χ0) is 13.8. The quantitative estimate of drug-likeness (QED) is 0.911. The topological polar surface area (TPSA) is 68.0 Å². The monoisotopic (exact) mass is 311 g/mol. The lowest BCUT2D eigenvalue weighted by atomic mass is 10.1. The lowest BCUT2D eigenvalue weighted by molar-refractivity contribution is 0.102. The van der Waals surface area contributed by atoms with Crippen molar-refractivity contribution in [3.05, 3.63) is 45.4 Å². The molecule has 0 saturated carbocycles. The van der Waals surface area contributed by atoms with E-state index in [1.165, 1.54) is 22.5 Å². The van der Waals surface area contributed by atoms with E-state index in [9.17, 15) is 4.79 Å². The number of hydrogen-bond donors (Lipinski definition) is 2. The minimum absolute atomic E-state index is 0. The van der Waals surface area contributed by atoms with Gasteiger partial charge in [-0.15, -0.1) is 23.7 Å². The standard InChI is InChI=1S/C14H17N3OS.ClH/c1-3-10-6-11(5-4-9(10)2)16-14(18)12-8-19-13(7-15)17-12;/h4-6,8H,3,7,15H2,1-2H3,(H,16,18);1H. The molecule has 1 aromatic heterocycles. The molecule has 3 N–H and O–H groups in total. The minimum Gasteiger partial charge on any atom is -0.325 e. The summed E-state index contributed by atoms with van der Waals surface area (Å²) in [6, 6.07) is 5.92. The average Bonchev–Trinajstić information content (AvgIpc) is 2.90. The van der Waals surface area contributed by atoms with Gasteiger partial charge in [0.05, 0.1) is 0 Å². The van der Waals surface area contributed by atoms with Crippen LogP contribution in [0.5, 0.6) is 0 Å². The molecule has 0 aliphatic carbocycles. The van der Waals surface area contributed by atoms with Crippen LogP contribution < -0.4 is 11.1 Å². The highest BCUT2D eigenvalue weighted by atomic mass is 35.5. The number of aryl methyl sites for hydroxylation is 2. The Balaban J connectivity index is 0.00000200. The second-order valence-corrected chi connectivity index (χ2v) is 5.22. The Morgan fingerprint density at radius 3 is 2.80 bits per heavy atom. The number of nitrogens with one attached hydrogen (secondary N) is 1. The number of benzene rings is 1. The lowest BCUT2D eigenvalue weighted by Crippen LogP contribution is -2.13. The lowest BCUT2D eigenvalue weighted by Gasteiger charge is -2.07. The Bertz CT molecular complexity index is 598. The first-order chi connectivity index (χ1) is 9.13. The van der Waals surface area contributed by atoms with Crippen LogP contribution in [0, 0.1) is 6.92 Å². The fraction of sp³-hybridized carbons (Fsp3) is 0.286. The fourth-order valence-electron chi connectivity index (χ4n) is 1.83. The third-order valence-corrected chi connectivity index (χ3v) is 3.82. The van der Waals surface area contributed by atoms with Gasteiger partial charge in [-0.25, -0.2) is 4.98 Å². The maximum atomic E-state index is 12.0. The molecule has 0 saturated heterocycles. The highest BCUT2D eigenvalue weighted by Gasteiger charge is 2.10. The summed E-state index contributed by atoms with van der Waals surface area (Å²) in [4.78, 5) is 16.2. The first-order valence-corrected chi connectivity index (χ1v) is 7.07. The van der Waals surface area contributed by atoms with Crippen molar-refractivity contribution < 1.29 is 4.79 Å². The van der Waals surface area contributed by atoms with Crippen molar-refractivity contribution in [3.8, 4) is 0 Å². The van der Waals surface area contributed by atoms with Gasteiger partial charge in [-0.3, -0.25) is 4.79 Å². The molecule has 1 amide bonds. The van der Waals surface area contributed by atoms with Gasteiger partial charge in [0.1, 0.15) is 10.7 Å². The smallest absolute Gasteiger partial charge is 0.275 e. The van der Waals surface area contributed by atoms with E-state index in [0.717, 1.165) is 17.1 Å². The molecule has 0 aliphatic heterocycles. The van der Waals surface area contributed by atoms with Crippen LogP contribution in [0.15, 0.2) is 23.6 Å². The Morgan fingerprint density at radius 1 is 1.45 bits per heavy atom. The van der Waals surface area contributed by atoms with E-state index < -0.39 is 0 Å². The van der Waals surface area contributed by atoms with E-state index in [0.29, 0.717) is 12.2 Å². The molecule has 0 aliphatic rings. The number of halogens is 1. The summed E-state index contributed by atoms with van der Waals surface area (Å²) in [5.41, 5.74) is 9.18. The molecule has 1 aromatic carbocycles. The van der Waals surface area contributed by atoms with Crippen molar-refractivity contribution in [2.24, 2.45) is 5.73 Å². The Labute approximate surface area is 128 Å². The Morgan fingerprint density at radius 2 is 2.20 bits per heavy atom. The Kier molecular flexibility index (Phi) is 6.13. The van der Waals surface area contributed by atoms with Gasteiger partial charge in [0.25, 0.3) is 5.91 Å². The van der Waals surface area contributed by atoms with Crippen molar-refractivity contribution in [2.75, 3.05) is 5.32 Å². The van der Waals surface area contributed by atoms with Crippen LogP contribution in [-0.2, 0) is 13.0 Å². The fourth-order valence-corrected chi connectivity index (χ4v) is 2.49. The number of nitrogens with zero attached hydrogens (tertiary/aromatic N) is 1. The van der Waals surface area contributed by atoms with Crippen molar-refractivity contribution >= 4 is 35.3 Å². The second kappa shape index (κ2) is 7.38. The molecule has 0 spiro atoms. The van der Waals surface area contributed by atoms with Gasteiger partial charge < -0.3 is 11.1 Å². The largest absolute Gasteiger partial charge is 0.325 e. The summed E-state index contributed by atoms with van der Waals surface area (Å²) in [7, 11) is 0. The van der Waals surface area contributed by atoms with Crippen molar-refractivity contribution in [1.29, 1.82) is 0 Å². The minimum atomic E-state index is -0.193. The molecule has 4 nitrogen and oxygen atoms in total. The highest BCUT2D eigenvalue weighted by molar-refractivity contribution is 7.09. The first kappa shape index (κ1) is 16.6. The number of anilines is 1. The van der Waals surface area contributed by atoms with Gasteiger partial charge in [-0.05, 0) is 36.6 Å². The molecule has 0 radical (unpaired) electrons. The normalized spacial score (nSPS) is 9.95. The van der Waals surface area contributed by atoms with Crippen molar-refractivity contribution in [3.63, 3.8) is 0 Å². The van der Waals surface area contributed by atoms with Gasteiger partial charge in [0.2, 0.25) is 0 Å². The molecule has 0 atom stereocenters. The maximum Gasteiger partial charge on any atom is 0.275 e. The molecular weight excluding hydrogens is 294 g/mol. The highest BCUT2D eigenvalue weighted by Crippen LogP contribution is 2.17. The maximum absolute atomic E-state index is 12.0. The SMILES string of the molecule is CCc1cc(NC(=O)c2csc(CN)n2)ccc1C.Cl. The van der Waals surface area contributed by atoms with Crippen molar-refractivity contribution in [1.82, 2.24) is 4.98 Å². The number of carbonyl (C=O) groups is 1. The van der Waals surface area contributed by atoms with Gasteiger partial charge in [0, 0.05) is 17.6 Å². The number of nitrogens with two attached hydrogens (primary N) is 1. The predicted octanol–water partition coefficient (Wildman–Crippen LogP) is 3.15. The molecule has 6 heteroatoms. The molecular formula is C14H18ClN3OS. The molecule has 0 bridgehead atoms. The van der Waals surface area contributed by atoms with E-state index >= 15 is 0 Å². The zero-order valence-electron chi connectivity index (χ0n) is 11.5.